The van der Waals surface area contributed by atoms with Crippen molar-refractivity contribution in [1.82, 2.24) is 0 Å². The monoisotopic (exact) mass is 344 g/mol. The minimum atomic E-state index is -0.723. The Morgan fingerprint density at radius 1 is 0.833 bits per heavy atom. The van der Waals surface area contributed by atoms with E-state index in [1.165, 1.54) is 0 Å². The second-order valence-corrected chi connectivity index (χ2v) is 5.79. The van der Waals surface area contributed by atoms with Crippen LogP contribution in [0.15, 0.2) is 66.7 Å². The van der Waals surface area contributed by atoms with Crippen LogP contribution in [0.5, 0.6) is 5.75 Å². The fourth-order valence-corrected chi connectivity index (χ4v) is 2.86. The molecule has 3 rings (SSSR count). The van der Waals surface area contributed by atoms with E-state index >= 15 is 0 Å². The van der Waals surface area contributed by atoms with Crippen molar-refractivity contribution in [2.75, 3.05) is 0 Å². The van der Waals surface area contributed by atoms with Crippen molar-refractivity contribution in [1.29, 1.82) is 0 Å². The standard InChI is InChI=1S/C20H15ClF2O/c1-13(19-17(22)10-11-18(23)20(19)21)24-16-9-5-8-15(12-16)14-6-3-2-4-7-14/h2-13H,1H3. The largest absolute Gasteiger partial charge is 0.486 e. The third-order valence-electron chi connectivity index (χ3n) is 3.74. The lowest BCUT2D eigenvalue weighted by Crippen LogP contribution is -2.07. The second-order valence-electron chi connectivity index (χ2n) is 5.41. The zero-order chi connectivity index (χ0) is 17.1. The molecule has 0 aliphatic heterocycles. The molecule has 122 valence electrons. The molecular formula is C20H15ClF2O. The van der Waals surface area contributed by atoms with E-state index in [2.05, 4.69) is 0 Å². The molecule has 0 N–H and O–H groups in total. The molecule has 4 heteroatoms. The zero-order valence-electron chi connectivity index (χ0n) is 13.0. The lowest BCUT2D eigenvalue weighted by atomic mass is 10.1. The molecule has 0 bridgehead atoms. The van der Waals surface area contributed by atoms with Crippen LogP contribution < -0.4 is 4.74 Å². The van der Waals surface area contributed by atoms with Gasteiger partial charge in [0.15, 0.2) is 0 Å². The van der Waals surface area contributed by atoms with Gasteiger partial charge in [-0.2, -0.15) is 0 Å². The van der Waals surface area contributed by atoms with Gasteiger partial charge in [0.1, 0.15) is 23.5 Å². The van der Waals surface area contributed by atoms with Crippen molar-refractivity contribution in [2.24, 2.45) is 0 Å². The van der Waals surface area contributed by atoms with E-state index in [9.17, 15) is 8.78 Å². The molecule has 1 atom stereocenters. The van der Waals surface area contributed by atoms with Gasteiger partial charge >= 0.3 is 0 Å². The topological polar surface area (TPSA) is 9.23 Å². The summed E-state index contributed by atoms with van der Waals surface area (Å²) in [7, 11) is 0. The van der Waals surface area contributed by atoms with Crippen LogP contribution in [0, 0.1) is 11.6 Å². The minimum Gasteiger partial charge on any atom is -0.486 e. The Bertz CT molecular complexity index is 850. The quantitative estimate of drug-likeness (QED) is 0.496. The Morgan fingerprint density at radius 3 is 2.25 bits per heavy atom. The Kier molecular flexibility index (Phi) is 4.81. The first-order valence-electron chi connectivity index (χ1n) is 7.52. The third-order valence-corrected chi connectivity index (χ3v) is 4.12. The minimum absolute atomic E-state index is 0.0155. The van der Waals surface area contributed by atoms with Crippen LogP contribution in [0.25, 0.3) is 11.1 Å². The normalized spacial score (nSPS) is 12.0. The molecule has 0 amide bonds. The number of ether oxygens (including phenoxy) is 1. The summed E-state index contributed by atoms with van der Waals surface area (Å²) in [6.07, 6.45) is -0.723. The molecule has 1 unspecified atom stereocenters. The van der Waals surface area contributed by atoms with Crippen molar-refractivity contribution in [3.05, 3.63) is 89.0 Å². The lowest BCUT2D eigenvalue weighted by molar-refractivity contribution is 0.221. The molecule has 0 spiro atoms. The molecule has 3 aromatic rings. The molecule has 3 aromatic carbocycles. The summed E-state index contributed by atoms with van der Waals surface area (Å²) in [5.41, 5.74) is 2.04. The van der Waals surface area contributed by atoms with Crippen molar-refractivity contribution in [3.8, 4) is 16.9 Å². The van der Waals surface area contributed by atoms with E-state index in [1.807, 2.05) is 48.5 Å². The van der Waals surface area contributed by atoms with Crippen LogP contribution in [0.2, 0.25) is 5.02 Å². The molecule has 1 nitrogen and oxygen atoms in total. The second kappa shape index (κ2) is 7.02. The summed E-state index contributed by atoms with van der Waals surface area (Å²) in [6, 6.07) is 19.3. The molecule has 0 aliphatic rings. The number of hydrogen-bond acceptors (Lipinski definition) is 1. The van der Waals surface area contributed by atoms with Gasteiger partial charge in [0.2, 0.25) is 0 Å². The van der Waals surface area contributed by atoms with Gasteiger partial charge in [0.25, 0.3) is 0 Å². The van der Waals surface area contributed by atoms with Gasteiger partial charge in [0.05, 0.1) is 5.02 Å². The molecule has 24 heavy (non-hydrogen) atoms. The first kappa shape index (κ1) is 16.5. The summed E-state index contributed by atoms with van der Waals surface area (Å²) in [6.45, 7) is 1.64. The predicted molar refractivity (Wildman–Crippen MR) is 92.3 cm³/mol. The first-order chi connectivity index (χ1) is 11.6. The highest BCUT2D eigenvalue weighted by molar-refractivity contribution is 6.31. The summed E-state index contributed by atoms with van der Waals surface area (Å²) < 4.78 is 33.4. The lowest BCUT2D eigenvalue weighted by Gasteiger charge is -2.18. The zero-order valence-corrected chi connectivity index (χ0v) is 13.7. The molecule has 0 aliphatic carbocycles. The van der Waals surface area contributed by atoms with Gasteiger partial charge in [-0.15, -0.1) is 0 Å². The first-order valence-corrected chi connectivity index (χ1v) is 7.89. The van der Waals surface area contributed by atoms with Gasteiger partial charge in [-0.1, -0.05) is 54.1 Å². The molecule has 0 radical (unpaired) electrons. The van der Waals surface area contributed by atoms with E-state index in [1.54, 1.807) is 13.0 Å². The van der Waals surface area contributed by atoms with E-state index in [0.717, 1.165) is 23.3 Å². The molecule has 0 aromatic heterocycles. The summed E-state index contributed by atoms with van der Waals surface area (Å²) in [4.78, 5) is 0. The van der Waals surface area contributed by atoms with Gasteiger partial charge < -0.3 is 4.74 Å². The van der Waals surface area contributed by atoms with Crippen LogP contribution in [0.1, 0.15) is 18.6 Å². The molecule has 0 saturated heterocycles. The summed E-state index contributed by atoms with van der Waals surface area (Å²) in [5, 5.41) is -0.248. The highest BCUT2D eigenvalue weighted by Crippen LogP contribution is 2.32. The molecular weight excluding hydrogens is 330 g/mol. The Balaban J connectivity index is 1.88. The van der Waals surface area contributed by atoms with Crippen molar-refractivity contribution in [3.63, 3.8) is 0 Å². The maximum atomic E-state index is 14.0. The smallest absolute Gasteiger partial charge is 0.142 e. The average molecular weight is 345 g/mol. The molecule has 0 saturated carbocycles. The van der Waals surface area contributed by atoms with Gasteiger partial charge in [-0.25, -0.2) is 8.78 Å². The number of benzene rings is 3. The fraction of sp³-hybridized carbons (Fsp3) is 0.100. The van der Waals surface area contributed by atoms with Crippen LogP contribution >= 0.6 is 11.6 Å². The van der Waals surface area contributed by atoms with Gasteiger partial charge in [-0.05, 0) is 42.3 Å². The van der Waals surface area contributed by atoms with Crippen LogP contribution in [-0.2, 0) is 0 Å². The van der Waals surface area contributed by atoms with E-state index in [-0.39, 0.29) is 10.6 Å². The fourth-order valence-electron chi connectivity index (χ4n) is 2.56. The molecule has 0 heterocycles. The van der Waals surface area contributed by atoms with Crippen molar-refractivity contribution < 1.29 is 13.5 Å². The Hall–Kier alpha value is -2.39. The van der Waals surface area contributed by atoms with E-state index < -0.39 is 17.7 Å². The van der Waals surface area contributed by atoms with E-state index in [0.29, 0.717) is 5.75 Å². The number of hydrogen-bond donors (Lipinski definition) is 0. The van der Waals surface area contributed by atoms with Gasteiger partial charge in [0, 0.05) is 5.56 Å². The number of rotatable bonds is 4. The summed E-state index contributed by atoms with van der Waals surface area (Å²) >= 11 is 5.89. The Labute approximate surface area is 144 Å². The van der Waals surface area contributed by atoms with Crippen molar-refractivity contribution in [2.45, 2.75) is 13.0 Å². The SMILES string of the molecule is CC(Oc1cccc(-c2ccccc2)c1)c1c(F)ccc(F)c1Cl. The van der Waals surface area contributed by atoms with Crippen LogP contribution in [0.3, 0.4) is 0 Å². The van der Waals surface area contributed by atoms with Crippen LogP contribution in [0.4, 0.5) is 8.78 Å². The predicted octanol–water partition coefficient (Wildman–Crippen LogP) is 6.43. The highest BCUT2D eigenvalue weighted by atomic mass is 35.5. The van der Waals surface area contributed by atoms with Crippen molar-refractivity contribution >= 4 is 11.6 Å². The molecule has 0 fully saturated rings. The average Bonchev–Trinajstić information content (AvgIpc) is 2.59. The maximum Gasteiger partial charge on any atom is 0.142 e. The van der Waals surface area contributed by atoms with Gasteiger partial charge in [-0.3, -0.25) is 0 Å². The third kappa shape index (κ3) is 3.41. The Morgan fingerprint density at radius 2 is 1.50 bits per heavy atom. The van der Waals surface area contributed by atoms with Crippen LogP contribution in [-0.4, -0.2) is 0 Å². The number of halogens is 3. The maximum absolute atomic E-state index is 14.0. The van der Waals surface area contributed by atoms with E-state index in [4.69, 9.17) is 16.3 Å². The highest BCUT2D eigenvalue weighted by Gasteiger charge is 2.19. The summed E-state index contributed by atoms with van der Waals surface area (Å²) in [5.74, 6) is -0.696.